The largest absolute Gasteiger partial charge is 0.396 e. The van der Waals surface area contributed by atoms with Gasteiger partial charge in [-0.05, 0) is 38.5 Å². The normalized spacial score (nSPS) is 29.3. The minimum absolute atomic E-state index is 0.0527. The number of rotatable bonds is 4. The van der Waals surface area contributed by atoms with Gasteiger partial charge >= 0.3 is 0 Å². The van der Waals surface area contributed by atoms with Crippen molar-refractivity contribution < 1.29 is 18.3 Å². The Kier molecular flexibility index (Phi) is 4.84. The number of ether oxygens (including phenoxy) is 1. The summed E-state index contributed by atoms with van der Waals surface area (Å²) >= 11 is 0. The van der Waals surface area contributed by atoms with E-state index in [0.717, 1.165) is 12.8 Å². The summed E-state index contributed by atoms with van der Waals surface area (Å²) in [5.41, 5.74) is -0.413. The van der Waals surface area contributed by atoms with Gasteiger partial charge in [-0.15, -0.1) is 0 Å². The van der Waals surface area contributed by atoms with Gasteiger partial charge < -0.3 is 9.84 Å². The fraction of sp³-hybridized carbons (Fsp3) is 1.00. The van der Waals surface area contributed by atoms with Gasteiger partial charge in [0.1, 0.15) is 0 Å². The lowest BCUT2D eigenvalue weighted by Crippen LogP contribution is -2.55. The van der Waals surface area contributed by atoms with E-state index in [-0.39, 0.29) is 12.5 Å². The second-order valence-corrected chi connectivity index (χ2v) is 7.50. The summed E-state index contributed by atoms with van der Waals surface area (Å²) in [4.78, 5) is 0. The maximum absolute atomic E-state index is 12.4. The molecule has 0 spiro atoms. The molecule has 2 fully saturated rings. The number of piperidine rings is 1. The Morgan fingerprint density at radius 2 is 2.11 bits per heavy atom. The Bertz CT molecular complexity index is 393. The van der Waals surface area contributed by atoms with E-state index in [1.54, 1.807) is 0 Å². The van der Waals surface area contributed by atoms with Crippen molar-refractivity contribution in [1.29, 1.82) is 0 Å². The lowest BCUT2D eigenvalue weighted by Gasteiger charge is -2.38. The van der Waals surface area contributed by atoms with E-state index in [9.17, 15) is 13.5 Å². The maximum atomic E-state index is 12.4. The van der Waals surface area contributed by atoms with E-state index < -0.39 is 15.7 Å². The lowest BCUT2D eigenvalue weighted by atomic mass is 9.94. The molecule has 2 heterocycles. The molecule has 1 atom stereocenters. The van der Waals surface area contributed by atoms with Gasteiger partial charge in [-0.3, -0.25) is 0 Å². The molecule has 19 heavy (non-hydrogen) atoms. The molecule has 0 amide bonds. The van der Waals surface area contributed by atoms with Crippen LogP contribution in [0, 0.1) is 5.92 Å². The fourth-order valence-electron chi connectivity index (χ4n) is 2.69. The van der Waals surface area contributed by atoms with Crippen LogP contribution < -0.4 is 4.72 Å². The maximum Gasteiger partial charge on any atom is 0.279 e. The molecule has 0 saturated carbocycles. The SMILES string of the molecule is CC1(NS(=O)(=O)N2CCCC(CO)C2)CCOCC1. The number of aliphatic hydroxyl groups excluding tert-OH is 1. The average molecular weight is 292 g/mol. The first-order chi connectivity index (χ1) is 8.95. The van der Waals surface area contributed by atoms with Gasteiger partial charge in [0.15, 0.2) is 0 Å². The molecule has 2 N–H and O–H groups in total. The summed E-state index contributed by atoms with van der Waals surface area (Å²) in [5.74, 6) is 0.0628. The van der Waals surface area contributed by atoms with Gasteiger partial charge in [-0.2, -0.15) is 17.4 Å². The van der Waals surface area contributed by atoms with Crippen LogP contribution >= 0.6 is 0 Å². The number of nitrogens with one attached hydrogen (secondary N) is 1. The highest BCUT2D eigenvalue weighted by Crippen LogP contribution is 2.24. The van der Waals surface area contributed by atoms with E-state index in [4.69, 9.17) is 4.74 Å². The van der Waals surface area contributed by atoms with Gasteiger partial charge in [-0.1, -0.05) is 0 Å². The van der Waals surface area contributed by atoms with Crippen molar-refractivity contribution in [3.8, 4) is 0 Å². The number of hydrogen-bond donors (Lipinski definition) is 2. The molecule has 2 rings (SSSR count). The molecule has 1 unspecified atom stereocenters. The minimum Gasteiger partial charge on any atom is -0.396 e. The Morgan fingerprint density at radius 3 is 2.74 bits per heavy atom. The van der Waals surface area contributed by atoms with Gasteiger partial charge in [0, 0.05) is 38.4 Å². The summed E-state index contributed by atoms with van der Waals surface area (Å²) in [5, 5.41) is 9.19. The monoisotopic (exact) mass is 292 g/mol. The molecular formula is C12H24N2O4S. The van der Waals surface area contributed by atoms with Crippen LogP contribution in [0.2, 0.25) is 0 Å². The molecule has 0 aliphatic carbocycles. The Hall–Kier alpha value is -0.210. The summed E-state index contributed by atoms with van der Waals surface area (Å²) < 4.78 is 34.4. The molecule has 0 bridgehead atoms. The predicted octanol–water partition coefficient (Wildman–Crippen LogP) is 0.0942. The van der Waals surface area contributed by atoms with Crippen molar-refractivity contribution in [2.75, 3.05) is 32.9 Å². The van der Waals surface area contributed by atoms with Gasteiger partial charge in [0.2, 0.25) is 0 Å². The van der Waals surface area contributed by atoms with Crippen molar-refractivity contribution in [3.05, 3.63) is 0 Å². The van der Waals surface area contributed by atoms with E-state index >= 15 is 0 Å². The summed E-state index contributed by atoms with van der Waals surface area (Å²) in [6.07, 6.45) is 3.10. The van der Waals surface area contributed by atoms with Gasteiger partial charge in [0.25, 0.3) is 10.2 Å². The molecule has 0 aromatic carbocycles. The standard InChI is InChI=1S/C12H24N2O4S/c1-12(4-7-18-8-5-12)13-19(16,17)14-6-2-3-11(9-14)10-15/h11,13,15H,2-10H2,1H3. The van der Waals surface area contributed by atoms with E-state index in [1.807, 2.05) is 6.92 Å². The second-order valence-electron chi connectivity index (χ2n) is 5.83. The van der Waals surface area contributed by atoms with Crippen molar-refractivity contribution in [2.45, 2.75) is 38.1 Å². The summed E-state index contributed by atoms with van der Waals surface area (Å²) in [6.45, 7) is 4.13. The van der Waals surface area contributed by atoms with Crippen molar-refractivity contribution >= 4 is 10.2 Å². The van der Waals surface area contributed by atoms with Crippen LogP contribution in [0.15, 0.2) is 0 Å². The molecule has 0 radical (unpaired) electrons. The van der Waals surface area contributed by atoms with Gasteiger partial charge in [0.05, 0.1) is 0 Å². The topological polar surface area (TPSA) is 78.9 Å². The molecule has 6 nitrogen and oxygen atoms in total. The molecule has 0 aromatic heterocycles. The molecule has 2 aliphatic heterocycles. The zero-order valence-electron chi connectivity index (χ0n) is 11.5. The van der Waals surface area contributed by atoms with Crippen molar-refractivity contribution in [2.24, 2.45) is 5.92 Å². The molecule has 7 heteroatoms. The van der Waals surface area contributed by atoms with Crippen LogP contribution in [0.5, 0.6) is 0 Å². The zero-order valence-corrected chi connectivity index (χ0v) is 12.3. The average Bonchev–Trinajstić information content (AvgIpc) is 2.38. The highest BCUT2D eigenvalue weighted by molar-refractivity contribution is 7.87. The van der Waals surface area contributed by atoms with Crippen LogP contribution in [0.4, 0.5) is 0 Å². The molecule has 2 aliphatic rings. The van der Waals surface area contributed by atoms with Crippen LogP contribution in [0.3, 0.4) is 0 Å². The number of nitrogens with zero attached hydrogens (tertiary/aromatic N) is 1. The van der Waals surface area contributed by atoms with Gasteiger partial charge in [-0.25, -0.2) is 0 Å². The minimum atomic E-state index is -3.47. The van der Waals surface area contributed by atoms with Crippen molar-refractivity contribution in [1.82, 2.24) is 9.03 Å². The predicted molar refractivity (Wildman–Crippen MR) is 71.9 cm³/mol. The molecular weight excluding hydrogens is 268 g/mol. The van der Waals surface area contributed by atoms with E-state index in [1.165, 1.54) is 4.31 Å². The Labute approximate surface area is 115 Å². The van der Waals surface area contributed by atoms with Crippen LogP contribution in [-0.4, -0.2) is 56.3 Å². The highest BCUT2D eigenvalue weighted by Gasteiger charge is 2.36. The smallest absolute Gasteiger partial charge is 0.279 e. The highest BCUT2D eigenvalue weighted by atomic mass is 32.2. The third kappa shape index (κ3) is 3.88. The fourth-order valence-corrected chi connectivity index (χ4v) is 4.43. The van der Waals surface area contributed by atoms with Crippen LogP contribution in [0.25, 0.3) is 0 Å². The summed E-state index contributed by atoms with van der Waals surface area (Å²) in [7, 11) is -3.47. The quantitative estimate of drug-likeness (QED) is 0.770. The van der Waals surface area contributed by atoms with E-state index in [2.05, 4.69) is 4.72 Å². The Balaban J connectivity index is 2.01. The number of aliphatic hydroxyl groups is 1. The first-order valence-electron chi connectivity index (χ1n) is 6.93. The van der Waals surface area contributed by atoms with Crippen molar-refractivity contribution in [3.63, 3.8) is 0 Å². The first kappa shape index (κ1) is 15.2. The second kappa shape index (κ2) is 6.05. The van der Waals surface area contributed by atoms with Crippen LogP contribution in [-0.2, 0) is 14.9 Å². The molecule has 112 valence electrons. The molecule has 2 saturated heterocycles. The Morgan fingerprint density at radius 1 is 1.42 bits per heavy atom. The summed E-state index contributed by atoms with van der Waals surface area (Å²) in [6, 6.07) is 0. The lowest BCUT2D eigenvalue weighted by molar-refractivity contribution is 0.0528. The third-order valence-corrected chi connectivity index (χ3v) is 5.81. The van der Waals surface area contributed by atoms with E-state index in [0.29, 0.717) is 39.1 Å². The zero-order chi connectivity index (χ0) is 13.9. The molecule has 0 aromatic rings. The third-order valence-electron chi connectivity index (χ3n) is 4.05. The number of hydrogen-bond acceptors (Lipinski definition) is 4. The first-order valence-corrected chi connectivity index (χ1v) is 8.37. The van der Waals surface area contributed by atoms with Crippen LogP contribution in [0.1, 0.15) is 32.6 Å².